The van der Waals surface area contributed by atoms with E-state index in [9.17, 15) is 5.11 Å². The topological polar surface area (TPSA) is 36.4 Å². The van der Waals surface area contributed by atoms with Gasteiger partial charge in [0.15, 0.2) is 5.13 Å². The van der Waals surface area contributed by atoms with Gasteiger partial charge in [0.1, 0.15) is 5.15 Å². The van der Waals surface area contributed by atoms with Gasteiger partial charge in [-0.3, -0.25) is 0 Å². The van der Waals surface area contributed by atoms with Crippen molar-refractivity contribution >= 4 is 28.1 Å². The normalized spacial score (nSPS) is 28.1. The molecule has 1 aliphatic heterocycles. The molecule has 1 aliphatic rings. The third-order valence-corrected chi connectivity index (χ3v) is 3.88. The Kier molecular flexibility index (Phi) is 2.95. The lowest BCUT2D eigenvalue weighted by Crippen LogP contribution is -2.42. The van der Waals surface area contributed by atoms with Crippen molar-refractivity contribution in [2.24, 2.45) is 5.92 Å². The second-order valence-electron chi connectivity index (χ2n) is 3.73. The molecule has 2 heterocycles. The van der Waals surface area contributed by atoms with Crippen LogP contribution >= 0.6 is 22.9 Å². The molecule has 0 saturated carbocycles. The molecule has 0 aliphatic carbocycles. The standard InChI is InChI=1S/C9H13ClN2OS/c1-6-2-3-12(4-7(6)13)9-11-8(10)5-14-9/h5-7,13H,2-4H2,1H3. The van der Waals surface area contributed by atoms with Crippen LogP contribution in [-0.2, 0) is 0 Å². The summed E-state index contributed by atoms with van der Waals surface area (Å²) in [4.78, 5) is 6.29. The Morgan fingerprint density at radius 2 is 2.50 bits per heavy atom. The van der Waals surface area contributed by atoms with E-state index >= 15 is 0 Å². The molecule has 0 spiro atoms. The van der Waals surface area contributed by atoms with Gasteiger partial charge in [0, 0.05) is 18.5 Å². The average Bonchev–Trinajstić information content (AvgIpc) is 2.57. The number of anilines is 1. The molecule has 1 fully saturated rings. The Labute approximate surface area is 92.3 Å². The second kappa shape index (κ2) is 4.04. The summed E-state index contributed by atoms with van der Waals surface area (Å²) in [6.07, 6.45) is 0.768. The lowest BCUT2D eigenvalue weighted by Gasteiger charge is -2.33. The average molecular weight is 233 g/mol. The van der Waals surface area contributed by atoms with Crippen molar-refractivity contribution in [2.45, 2.75) is 19.4 Å². The summed E-state index contributed by atoms with van der Waals surface area (Å²) in [5.74, 6) is 0.390. The van der Waals surface area contributed by atoms with E-state index in [0.717, 1.165) is 18.1 Å². The van der Waals surface area contributed by atoms with Gasteiger partial charge in [0.25, 0.3) is 0 Å². The monoisotopic (exact) mass is 232 g/mol. The number of thiazole rings is 1. The van der Waals surface area contributed by atoms with Gasteiger partial charge in [-0.2, -0.15) is 0 Å². The van der Waals surface area contributed by atoms with Crippen molar-refractivity contribution < 1.29 is 5.11 Å². The van der Waals surface area contributed by atoms with Crippen LogP contribution in [0, 0.1) is 5.92 Å². The third kappa shape index (κ3) is 2.02. The van der Waals surface area contributed by atoms with Gasteiger partial charge in [-0.25, -0.2) is 4.98 Å². The van der Waals surface area contributed by atoms with Crippen LogP contribution in [0.2, 0.25) is 5.15 Å². The molecule has 0 aromatic carbocycles. The van der Waals surface area contributed by atoms with Crippen molar-refractivity contribution in [3.63, 3.8) is 0 Å². The van der Waals surface area contributed by atoms with Crippen LogP contribution in [0.5, 0.6) is 0 Å². The summed E-state index contributed by atoms with van der Waals surface area (Å²) in [5, 5.41) is 13.0. The molecule has 1 aromatic heterocycles. The van der Waals surface area contributed by atoms with Gasteiger partial charge in [-0.15, -0.1) is 11.3 Å². The molecule has 3 nitrogen and oxygen atoms in total. The van der Waals surface area contributed by atoms with Crippen LogP contribution in [0.15, 0.2) is 5.38 Å². The minimum atomic E-state index is -0.244. The fraction of sp³-hybridized carbons (Fsp3) is 0.667. The Hall–Kier alpha value is -0.320. The van der Waals surface area contributed by atoms with Gasteiger partial charge in [0.2, 0.25) is 0 Å². The third-order valence-electron chi connectivity index (χ3n) is 2.65. The maximum absolute atomic E-state index is 9.72. The number of piperidine rings is 1. The maximum Gasteiger partial charge on any atom is 0.186 e. The highest BCUT2D eigenvalue weighted by molar-refractivity contribution is 7.14. The number of β-amino-alcohol motifs (C(OH)–C–C–N with tert-alkyl or cyclic N) is 1. The van der Waals surface area contributed by atoms with Crippen LogP contribution in [0.3, 0.4) is 0 Å². The van der Waals surface area contributed by atoms with E-state index in [4.69, 9.17) is 11.6 Å². The first-order chi connectivity index (χ1) is 6.66. The number of nitrogens with zero attached hydrogens (tertiary/aromatic N) is 2. The van der Waals surface area contributed by atoms with E-state index in [1.807, 2.05) is 5.38 Å². The van der Waals surface area contributed by atoms with Crippen LogP contribution in [-0.4, -0.2) is 29.3 Å². The summed E-state index contributed by atoms with van der Waals surface area (Å²) in [6.45, 7) is 3.71. The number of aliphatic hydroxyl groups excluding tert-OH is 1. The second-order valence-corrected chi connectivity index (χ2v) is 4.96. The Bertz CT molecular complexity index is 318. The Morgan fingerprint density at radius 1 is 1.71 bits per heavy atom. The van der Waals surface area contributed by atoms with Crippen LogP contribution in [0.1, 0.15) is 13.3 Å². The molecule has 0 bridgehead atoms. The largest absolute Gasteiger partial charge is 0.391 e. The van der Waals surface area contributed by atoms with Gasteiger partial charge < -0.3 is 10.0 Å². The fourth-order valence-electron chi connectivity index (χ4n) is 1.61. The first-order valence-electron chi connectivity index (χ1n) is 4.71. The van der Waals surface area contributed by atoms with E-state index in [0.29, 0.717) is 17.6 Å². The minimum Gasteiger partial charge on any atom is -0.391 e. The zero-order valence-corrected chi connectivity index (χ0v) is 9.55. The van der Waals surface area contributed by atoms with E-state index in [1.54, 1.807) is 0 Å². The van der Waals surface area contributed by atoms with Crippen molar-refractivity contribution in [2.75, 3.05) is 18.0 Å². The van der Waals surface area contributed by atoms with E-state index in [-0.39, 0.29) is 6.10 Å². The molecule has 1 N–H and O–H groups in total. The Morgan fingerprint density at radius 3 is 3.07 bits per heavy atom. The molecule has 14 heavy (non-hydrogen) atoms. The highest BCUT2D eigenvalue weighted by Crippen LogP contribution is 2.27. The van der Waals surface area contributed by atoms with Gasteiger partial charge in [0.05, 0.1) is 6.10 Å². The van der Waals surface area contributed by atoms with Gasteiger partial charge >= 0.3 is 0 Å². The molecule has 1 saturated heterocycles. The molecule has 2 unspecified atom stereocenters. The molecule has 5 heteroatoms. The zero-order valence-electron chi connectivity index (χ0n) is 7.98. The van der Waals surface area contributed by atoms with Gasteiger partial charge in [-0.05, 0) is 12.3 Å². The molecule has 0 radical (unpaired) electrons. The lowest BCUT2D eigenvalue weighted by molar-refractivity contribution is 0.103. The molecule has 1 aromatic rings. The van der Waals surface area contributed by atoms with Crippen LogP contribution < -0.4 is 4.90 Å². The lowest BCUT2D eigenvalue weighted by atomic mass is 9.96. The highest BCUT2D eigenvalue weighted by Gasteiger charge is 2.25. The summed E-state index contributed by atoms with van der Waals surface area (Å²) in [5.41, 5.74) is 0. The number of aromatic nitrogens is 1. The summed E-state index contributed by atoms with van der Waals surface area (Å²) < 4.78 is 0. The van der Waals surface area contributed by atoms with Crippen molar-refractivity contribution in [3.05, 3.63) is 10.5 Å². The fourth-order valence-corrected chi connectivity index (χ4v) is 2.60. The zero-order chi connectivity index (χ0) is 10.1. The number of aliphatic hydroxyl groups is 1. The first-order valence-corrected chi connectivity index (χ1v) is 5.96. The predicted octanol–water partition coefficient (Wildman–Crippen LogP) is 2.00. The van der Waals surface area contributed by atoms with E-state index in [2.05, 4.69) is 16.8 Å². The molecule has 2 rings (SSSR count). The molecule has 78 valence electrons. The van der Waals surface area contributed by atoms with Crippen molar-refractivity contribution in [3.8, 4) is 0 Å². The molecular formula is C9H13ClN2OS. The predicted molar refractivity (Wildman–Crippen MR) is 59.1 cm³/mol. The summed E-state index contributed by atoms with van der Waals surface area (Å²) >= 11 is 7.29. The Balaban J connectivity index is 2.06. The quantitative estimate of drug-likeness (QED) is 0.805. The van der Waals surface area contributed by atoms with Crippen molar-refractivity contribution in [1.82, 2.24) is 4.98 Å². The summed E-state index contributed by atoms with van der Waals surface area (Å²) in [6, 6.07) is 0. The number of rotatable bonds is 1. The number of halogens is 1. The maximum atomic E-state index is 9.72. The number of hydrogen-bond acceptors (Lipinski definition) is 4. The van der Waals surface area contributed by atoms with E-state index in [1.165, 1.54) is 11.3 Å². The van der Waals surface area contributed by atoms with Crippen molar-refractivity contribution in [1.29, 1.82) is 0 Å². The van der Waals surface area contributed by atoms with Crippen LogP contribution in [0.4, 0.5) is 5.13 Å². The smallest absolute Gasteiger partial charge is 0.186 e. The molecule has 2 atom stereocenters. The first kappa shape index (κ1) is 10.2. The van der Waals surface area contributed by atoms with Crippen LogP contribution in [0.25, 0.3) is 0 Å². The SMILES string of the molecule is CC1CCN(c2nc(Cl)cs2)CC1O. The van der Waals surface area contributed by atoms with E-state index < -0.39 is 0 Å². The minimum absolute atomic E-state index is 0.244. The molecular weight excluding hydrogens is 220 g/mol. The summed E-state index contributed by atoms with van der Waals surface area (Å²) in [7, 11) is 0. The molecule has 0 amide bonds. The van der Waals surface area contributed by atoms with Gasteiger partial charge in [-0.1, -0.05) is 18.5 Å². The number of hydrogen-bond donors (Lipinski definition) is 1. The highest BCUT2D eigenvalue weighted by atomic mass is 35.5.